The van der Waals surface area contributed by atoms with Crippen LogP contribution >= 0.6 is 0 Å². The molecule has 0 aromatic heterocycles. The average molecular weight is 246 g/mol. The van der Waals surface area contributed by atoms with Crippen molar-refractivity contribution in [2.75, 3.05) is 0 Å². The van der Waals surface area contributed by atoms with Crippen LogP contribution in [0.15, 0.2) is 72.3 Å². The molecule has 19 heavy (non-hydrogen) atoms. The van der Waals surface area contributed by atoms with Gasteiger partial charge in [-0.3, -0.25) is 0 Å². The smallest absolute Gasteiger partial charge is 0.0274 e. The first kappa shape index (κ1) is 11.0. The lowest BCUT2D eigenvalue weighted by atomic mass is 9.65. The fraction of sp³-hybridized carbons (Fsp3) is 0.263. The van der Waals surface area contributed by atoms with E-state index in [4.69, 9.17) is 0 Å². The van der Waals surface area contributed by atoms with Crippen LogP contribution in [0.1, 0.15) is 30.4 Å². The maximum absolute atomic E-state index is 2.47. The van der Waals surface area contributed by atoms with Gasteiger partial charge < -0.3 is 0 Å². The Balaban J connectivity index is 1.93. The third-order valence-corrected chi connectivity index (χ3v) is 4.98. The predicted octanol–water partition coefficient (Wildman–Crippen LogP) is 4.71. The highest BCUT2D eigenvalue weighted by Crippen LogP contribution is 2.57. The van der Waals surface area contributed by atoms with Gasteiger partial charge in [-0.05, 0) is 36.3 Å². The van der Waals surface area contributed by atoms with Crippen LogP contribution in [-0.4, -0.2) is 0 Å². The summed E-state index contributed by atoms with van der Waals surface area (Å²) in [7, 11) is 0. The van der Waals surface area contributed by atoms with E-state index in [2.05, 4.69) is 66.7 Å². The van der Waals surface area contributed by atoms with Crippen molar-refractivity contribution in [3.05, 3.63) is 83.4 Å². The summed E-state index contributed by atoms with van der Waals surface area (Å²) in [6.45, 7) is 0. The molecule has 1 fully saturated rings. The van der Waals surface area contributed by atoms with E-state index < -0.39 is 0 Å². The average Bonchev–Trinajstić information content (AvgIpc) is 3.10. The SMILES string of the molecule is C1=C2CC(C1)C(c1ccccc1)(c1ccccc1)C2. The van der Waals surface area contributed by atoms with Gasteiger partial charge in [0.1, 0.15) is 0 Å². The molecule has 0 N–H and O–H groups in total. The van der Waals surface area contributed by atoms with E-state index in [9.17, 15) is 0 Å². The zero-order valence-corrected chi connectivity index (χ0v) is 11.0. The summed E-state index contributed by atoms with van der Waals surface area (Å²) >= 11 is 0. The van der Waals surface area contributed by atoms with E-state index in [-0.39, 0.29) is 5.41 Å². The standard InChI is InChI=1S/C19H18/c1-3-7-16(8-4-1)19(17-9-5-2-6-10-17)14-15-11-12-18(19)13-15/h1-11,18H,12-14H2. The second-order valence-electron chi connectivity index (χ2n) is 5.88. The highest BCUT2D eigenvalue weighted by atomic mass is 14.5. The molecule has 0 radical (unpaired) electrons. The topological polar surface area (TPSA) is 0 Å². The molecule has 1 atom stereocenters. The number of hydrogen-bond donors (Lipinski definition) is 0. The van der Waals surface area contributed by atoms with Crippen molar-refractivity contribution in [3.63, 3.8) is 0 Å². The monoisotopic (exact) mass is 246 g/mol. The molecule has 2 aromatic rings. The summed E-state index contributed by atoms with van der Waals surface area (Å²) in [5, 5.41) is 0. The molecule has 2 aliphatic carbocycles. The molecule has 0 aliphatic heterocycles. The summed E-state index contributed by atoms with van der Waals surface area (Å²) in [6.07, 6.45) is 6.23. The third kappa shape index (κ3) is 1.53. The summed E-state index contributed by atoms with van der Waals surface area (Å²) in [5.74, 6) is 0.757. The molecule has 4 rings (SSSR count). The zero-order chi connectivity index (χ0) is 12.7. The third-order valence-electron chi connectivity index (χ3n) is 4.98. The Morgan fingerprint density at radius 1 is 0.789 bits per heavy atom. The molecule has 0 heterocycles. The van der Waals surface area contributed by atoms with Gasteiger partial charge in [0.25, 0.3) is 0 Å². The number of hydrogen-bond acceptors (Lipinski definition) is 0. The van der Waals surface area contributed by atoms with Crippen LogP contribution in [0.2, 0.25) is 0 Å². The first-order valence-corrected chi connectivity index (χ1v) is 7.18. The van der Waals surface area contributed by atoms with Gasteiger partial charge in [0.05, 0.1) is 0 Å². The summed E-state index contributed by atoms with van der Waals surface area (Å²) in [6, 6.07) is 22.2. The molecule has 0 saturated heterocycles. The molecule has 0 nitrogen and oxygen atoms in total. The van der Waals surface area contributed by atoms with Gasteiger partial charge in [0, 0.05) is 5.41 Å². The van der Waals surface area contributed by atoms with Crippen LogP contribution in [0.25, 0.3) is 0 Å². The quantitative estimate of drug-likeness (QED) is 0.673. The Morgan fingerprint density at radius 2 is 1.37 bits per heavy atom. The van der Waals surface area contributed by atoms with Crippen molar-refractivity contribution in [3.8, 4) is 0 Å². The van der Waals surface area contributed by atoms with E-state index in [1.807, 2.05) is 0 Å². The second-order valence-corrected chi connectivity index (χ2v) is 5.88. The maximum atomic E-state index is 2.47. The van der Waals surface area contributed by atoms with Crippen molar-refractivity contribution in [2.24, 2.45) is 5.92 Å². The van der Waals surface area contributed by atoms with E-state index in [1.54, 1.807) is 5.57 Å². The van der Waals surface area contributed by atoms with Crippen molar-refractivity contribution >= 4 is 0 Å². The van der Waals surface area contributed by atoms with Gasteiger partial charge in [0.2, 0.25) is 0 Å². The lowest BCUT2D eigenvalue weighted by Crippen LogP contribution is -2.32. The molecule has 0 spiro atoms. The van der Waals surface area contributed by atoms with Crippen molar-refractivity contribution in [1.29, 1.82) is 0 Å². The van der Waals surface area contributed by atoms with Gasteiger partial charge in [-0.2, -0.15) is 0 Å². The molecule has 2 aliphatic rings. The molecule has 2 bridgehead atoms. The lowest BCUT2D eigenvalue weighted by Gasteiger charge is -2.37. The molecule has 2 aromatic carbocycles. The van der Waals surface area contributed by atoms with E-state index >= 15 is 0 Å². The van der Waals surface area contributed by atoms with Gasteiger partial charge in [-0.25, -0.2) is 0 Å². The lowest BCUT2D eigenvalue weighted by molar-refractivity contribution is 0.376. The number of benzene rings is 2. The minimum absolute atomic E-state index is 0.229. The van der Waals surface area contributed by atoms with Crippen LogP contribution in [0, 0.1) is 5.92 Å². The van der Waals surface area contributed by atoms with Gasteiger partial charge in [-0.1, -0.05) is 72.3 Å². The zero-order valence-electron chi connectivity index (χ0n) is 11.0. The van der Waals surface area contributed by atoms with Crippen molar-refractivity contribution in [2.45, 2.75) is 24.7 Å². The fourth-order valence-electron chi connectivity index (χ4n) is 4.13. The first-order chi connectivity index (χ1) is 9.39. The highest BCUT2D eigenvalue weighted by molar-refractivity contribution is 5.47. The Hall–Kier alpha value is -1.82. The molecule has 0 heteroatoms. The fourth-order valence-corrected chi connectivity index (χ4v) is 4.13. The molecule has 0 amide bonds. The van der Waals surface area contributed by atoms with Crippen LogP contribution < -0.4 is 0 Å². The van der Waals surface area contributed by atoms with E-state index in [0.29, 0.717) is 0 Å². The Bertz CT molecular complexity index is 568. The minimum atomic E-state index is 0.229. The molecular formula is C19H18. The summed E-state index contributed by atoms with van der Waals surface area (Å²) < 4.78 is 0. The van der Waals surface area contributed by atoms with Crippen LogP contribution in [-0.2, 0) is 5.41 Å². The predicted molar refractivity (Wildman–Crippen MR) is 79.1 cm³/mol. The van der Waals surface area contributed by atoms with Crippen molar-refractivity contribution < 1.29 is 0 Å². The largest absolute Gasteiger partial charge is 0.0849 e. The van der Waals surface area contributed by atoms with Gasteiger partial charge >= 0.3 is 0 Å². The van der Waals surface area contributed by atoms with Crippen molar-refractivity contribution in [1.82, 2.24) is 0 Å². The van der Waals surface area contributed by atoms with Crippen LogP contribution in [0.5, 0.6) is 0 Å². The number of fused-ring (bicyclic) bond motifs is 2. The minimum Gasteiger partial charge on any atom is -0.0849 e. The molecular weight excluding hydrogens is 228 g/mol. The van der Waals surface area contributed by atoms with Crippen LogP contribution in [0.4, 0.5) is 0 Å². The Labute approximate surface area is 114 Å². The molecule has 1 saturated carbocycles. The van der Waals surface area contributed by atoms with Gasteiger partial charge in [-0.15, -0.1) is 0 Å². The Morgan fingerprint density at radius 3 is 1.79 bits per heavy atom. The molecule has 94 valence electrons. The number of rotatable bonds is 2. The normalized spacial score (nSPS) is 23.4. The van der Waals surface area contributed by atoms with Crippen LogP contribution in [0.3, 0.4) is 0 Å². The second kappa shape index (κ2) is 4.09. The number of allylic oxidation sites excluding steroid dienone is 2. The first-order valence-electron chi connectivity index (χ1n) is 7.18. The summed E-state index contributed by atoms with van der Waals surface area (Å²) in [4.78, 5) is 0. The van der Waals surface area contributed by atoms with E-state index in [0.717, 1.165) is 5.92 Å². The van der Waals surface area contributed by atoms with E-state index in [1.165, 1.54) is 30.4 Å². The highest BCUT2D eigenvalue weighted by Gasteiger charge is 2.49. The maximum Gasteiger partial charge on any atom is 0.0274 e. The summed E-state index contributed by atoms with van der Waals surface area (Å²) in [5.41, 5.74) is 4.88. The Kier molecular flexibility index (Phi) is 2.38. The molecule has 1 unspecified atom stereocenters. The van der Waals surface area contributed by atoms with Gasteiger partial charge in [0.15, 0.2) is 0 Å².